The Balaban J connectivity index is 1.92. The molecule has 2 aliphatic heterocycles. The Hall–Kier alpha value is -1.38. The summed E-state index contributed by atoms with van der Waals surface area (Å²) in [4.78, 5) is 11.7. The first-order valence-corrected chi connectivity index (χ1v) is 6.04. The number of hydrogen-bond acceptors (Lipinski definition) is 6. The molecule has 0 aliphatic carbocycles. The van der Waals surface area contributed by atoms with Gasteiger partial charge in [-0.3, -0.25) is 4.79 Å². The van der Waals surface area contributed by atoms with Crippen LogP contribution in [0.2, 0.25) is 0 Å². The minimum Gasteiger partial charge on any atom is -0.343 e. The Morgan fingerprint density at radius 3 is 3.17 bits per heavy atom. The number of fused-ring (bicyclic) bond motifs is 2. The molecule has 3 rings (SSSR count). The highest BCUT2D eigenvalue weighted by atomic mass is 32.1. The summed E-state index contributed by atoms with van der Waals surface area (Å²) >= 11 is 5.27. The van der Waals surface area contributed by atoms with E-state index in [1.807, 2.05) is 0 Å². The van der Waals surface area contributed by atoms with Crippen molar-refractivity contribution >= 4 is 18.0 Å². The normalized spacial score (nSPS) is 30.7. The molecule has 96 valence electrons. The lowest BCUT2D eigenvalue weighted by Crippen LogP contribution is -2.37. The number of Topliss-reactive ketones (excluding diaryl/α,β-unsaturated/α-hetero) is 1. The Labute approximate surface area is 108 Å². The molecule has 18 heavy (non-hydrogen) atoms. The summed E-state index contributed by atoms with van der Waals surface area (Å²) in [5.74, 6) is -0.0751. The first-order valence-electron chi connectivity index (χ1n) is 5.63. The number of rotatable bonds is 3. The van der Waals surface area contributed by atoms with Crippen LogP contribution < -0.4 is 0 Å². The van der Waals surface area contributed by atoms with Crippen LogP contribution in [0, 0.1) is 4.77 Å². The Morgan fingerprint density at radius 2 is 2.39 bits per heavy atom. The van der Waals surface area contributed by atoms with Gasteiger partial charge in [-0.2, -0.15) is 0 Å². The predicted molar refractivity (Wildman–Crippen MR) is 62.3 cm³/mol. The van der Waals surface area contributed by atoms with Crippen molar-refractivity contribution in [1.29, 1.82) is 0 Å². The van der Waals surface area contributed by atoms with E-state index in [9.17, 15) is 4.79 Å². The van der Waals surface area contributed by atoms with Crippen LogP contribution in [0.3, 0.4) is 0 Å². The van der Waals surface area contributed by atoms with E-state index < -0.39 is 6.29 Å². The summed E-state index contributed by atoms with van der Waals surface area (Å²) in [6.07, 6.45) is 1.11. The zero-order valence-electron chi connectivity index (χ0n) is 9.56. The van der Waals surface area contributed by atoms with Gasteiger partial charge in [0.2, 0.25) is 11.1 Å². The summed E-state index contributed by atoms with van der Waals surface area (Å²) in [5.41, 5.74) is 0. The molecule has 3 atom stereocenters. The Kier molecular flexibility index (Phi) is 2.84. The van der Waals surface area contributed by atoms with Gasteiger partial charge >= 0.3 is 0 Å². The SMILES string of the molecule is C=CCn1nnn(C2CC(=O)C3OCC2O3)c1=S. The number of ketones is 1. The van der Waals surface area contributed by atoms with Gasteiger partial charge in [0.15, 0.2) is 5.78 Å². The minimum atomic E-state index is -0.705. The number of aromatic nitrogens is 4. The molecule has 0 spiro atoms. The largest absolute Gasteiger partial charge is 0.343 e. The zero-order valence-corrected chi connectivity index (χ0v) is 10.4. The molecule has 1 aromatic rings. The van der Waals surface area contributed by atoms with Crippen molar-refractivity contribution in [2.75, 3.05) is 6.61 Å². The van der Waals surface area contributed by atoms with E-state index in [4.69, 9.17) is 21.7 Å². The average molecular weight is 268 g/mol. The second-order valence-corrected chi connectivity index (χ2v) is 4.62. The van der Waals surface area contributed by atoms with Gasteiger partial charge in [-0.1, -0.05) is 6.08 Å². The van der Waals surface area contributed by atoms with Crippen LogP contribution in [0.4, 0.5) is 0 Å². The number of hydrogen-bond donors (Lipinski definition) is 0. The molecule has 3 heterocycles. The lowest BCUT2D eigenvalue weighted by Gasteiger charge is -2.25. The van der Waals surface area contributed by atoms with E-state index in [2.05, 4.69) is 17.0 Å². The Morgan fingerprint density at radius 1 is 1.56 bits per heavy atom. The number of carbonyl (C=O) groups excluding carboxylic acids is 1. The third-order valence-corrected chi connectivity index (χ3v) is 3.49. The summed E-state index contributed by atoms with van der Waals surface area (Å²) in [5, 5.41) is 7.93. The van der Waals surface area contributed by atoms with Crippen molar-refractivity contribution in [3.05, 3.63) is 17.4 Å². The topological polar surface area (TPSA) is 71.2 Å². The number of nitrogens with zero attached hydrogens (tertiary/aromatic N) is 4. The molecule has 2 aliphatic rings. The molecule has 7 nitrogen and oxygen atoms in total. The van der Waals surface area contributed by atoms with Crippen LogP contribution in [-0.4, -0.2) is 44.6 Å². The van der Waals surface area contributed by atoms with Gasteiger partial charge in [0.1, 0.15) is 6.10 Å². The summed E-state index contributed by atoms with van der Waals surface area (Å²) in [6.45, 7) is 4.50. The third kappa shape index (κ3) is 1.73. The highest BCUT2D eigenvalue weighted by molar-refractivity contribution is 7.71. The van der Waals surface area contributed by atoms with E-state index >= 15 is 0 Å². The molecule has 1 aromatic heterocycles. The third-order valence-electron chi connectivity index (χ3n) is 3.09. The smallest absolute Gasteiger partial charge is 0.218 e. The zero-order chi connectivity index (χ0) is 12.7. The van der Waals surface area contributed by atoms with Gasteiger partial charge in [-0.15, -0.1) is 6.58 Å². The highest BCUT2D eigenvalue weighted by Gasteiger charge is 2.44. The van der Waals surface area contributed by atoms with Crippen molar-refractivity contribution in [2.45, 2.75) is 31.4 Å². The van der Waals surface area contributed by atoms with Gasteiger partial charge in [0.25, 0.3) is 0 Å². The maximum absolute atomic E-state index is 11.7. The lowest BCUT2D eigenvalue weighted by molar-refractivity contribution is -0.156. The molecule has 0 saturated carbocycles. The van der Waals surface area contributed by atoms with E-state index in [1.165, 1.54) is 0 Å². The molecule has 0 amide bonds. The first-order chi connectivity index (χ1) is 8.70. The van der Waals surface area contributed by atoms with E-state index in [-0.39, 0.29) is 17.9 Å². The standard InChI is InChI=1S/C10H12N4O3S/c1-2-3-13-10(18)14(12-11-13)6-4-7(15)9-16-5-8(6)17-9/h2,6,8-9H,1,3-5H2. The number of carbonyl (C=O) groups is 1. The average Bonchev–Trinajstić information content (AvgIpc) is 2.93. The lowest BCUT2D eigenvalue weighted by atomic mass is 10.0. The molecule has 2 fully saturated rings. The van der Waals surface area contributed by atoms with E-state index in [1.54, 1.807) is 15.4 Å². The maximum atomic E-state index is 11.7. The quantitative estimate of drug-likeness (QED) is 0.578. The fraction of sp³-hybridized carbons (Fsp3) is 0.600. The molecule has 3 unspecified atom stereocenters. The number of allylic oxidation sites excluding steroid dienone is 1. The molecule has 8 heteroatoms. The fourth-order valence-electron chi connectivity index (χ4n) is 2.20. The molecular formula is C10H12N4O3S. The van der Waals surface area contributed by atoms with Gasteiger partial charge in [0, 0.05) is 6.42 Å². The molecule has 0 N–H and O–H groups in total. The van der Waals surface area contributed by atoms with Crippen molar-refractivity contribution in [2.24, 2.45) is 0 Å². The van der Waals surface area contributed by atoms with Gasteiger partial charge in [-0.25, -0.2) is 9.36 Å². The van der Waals surface area contributed by atoms with Crippen LogP contribution in [0.5, 0.6) is 0 Å². The molecular weight excluding hydrogens is 256 g/mol. The van der Waals surface area contributed by atoms with E-state index in [0.29, 0.717) is 24.3 Å². The highest BCUT2D eigenvalue weighted by Crippen LogP contribution is 2.32. The van der Waals surface area contributed by atoms with Crippen molar-refractivity contribution < 1.29 is 14.3 Å². The minimum absolute atomic E-state index is 0.0751. The summed E-state index contributed by atoms with van der Waals surface area (Å²) in [6, 6.07) is -0.234. The number of ether oxygens (including phenoxy) is 2. The van der Waals surface area contributed by atoms with Crippen LogP contribution in [0.15, 0.2) is 12.7 Å². The number of tetrazole rings is 1. The maximum Gasteiger partial charge on any atom is 0.218 e. The fourth-order valence-corrected chi connectivity index (χ4v) is 2.48. The second kappa shape index (κ2) is 4.38. The van der Waals surface area contributed by atoms with Crippen LogP contribution in [0.25, 0.3) is 0 Å². The van der Waals surface area contributed by atoms with Crippen molar-refractivity contribution in [3.8, 4) is 0 Å². The predicted octanol–water partition coefficient (Wildman–Crippen LogP) is 0.250. The van der Waals surface area contributed by atoms with Crippen LogP contribution >= 0.6 is 12.2 Å². The van der Waals surface area contributed by atoms with Crippen LogP contribution in [0.1, 0.15) is 12.5 Å². The van der Waals surface area contributed by atoms with E-state index in [0.717, 1.165) is 0 Å². The molecule has 0 aromatic carbocycles. The van der Waals surface area contributed by atoms with Gasteiger partial charge < -0.3 is 9.47 Å². The molecule has 0 radical (unpaired) electrons. The van der Waals surface area contributed by atoms with Gasteiger partial charge in [-0.05, 0) is 22.6 Å². The van der Waals surface area contributed by atoms with Crippen LogP contribution in [-0.2, 0) is 20.8 Å². The summed E-state index contributed by atoms with van der Waals surface area (Å²) in [7, 11) is 0. The molecule has 2 bridgehead atoms. The monoisotopic (exact) mass is 268 g/mol. The second-order valence-electron chi connectivity index (χ2n) is 4.25. The van der Waals surface area contributed by atoms with Crippen molar-refractivity contribution in [3.63, 3.8) is 0 Å². The first kappa shape index (κ1) is 11.7. The molecule has 2 saturated heterocycles. The van der Waals surface area contributed by atoms with Crippen molar-refractivity contribution in [1.82, 2.24) is 19.8 Å². The Bertz CT molecular complexity index is 552. The van der Waals surface area contributed by atoms with Gasteiger partial charge in [0.05, 0.1) is 19.2 Å². The summed E-state index contributed by atoms with van der Waals surface area (Å²) < 4.78 is 14.3.